The first kappa shape index (κ1) is 17.0. The molecule has 1 aromatic heterocycles. The highest BCUT2D eigenvalue weighted by molar-refractivity contribution is 7.18. The van der Waals surface area contributed by atoms with Gasteiger partial charge in [0.25, 0.3) is 0 Å². The molecule has 1 fully saturated rings. The van der Waals surface area contributed by atoms with Crippen molar-refractivity contribution in [2.45, 2.75) is 38.3 Å². The molecular formula is C21H22N2O2S. The Morgan fingerprint density at radius 2 is 1.96 bits per heavy atom. The average Bonchev–Trinajstić information content (AvgIpc) is 3.43. The molecule has 4 rings (SSSR count). The van der Waals surface area contributed by atoms with Crippen LogP contribution in [0.1, 0.15) is 29.8 Å². The van der Waals surface area contributed by atoms with Crippen LogP contribution in [0.5, 0.6) is 5.75 Å². The minimum Gasteiger partial charge on any atom is -0.497 e. The van der Waals surface area contributed by atoms with Gasteiger partial charge in [0.15, 0.2) is 0 Å². The molecule has 1 aliphatic rings. The summed E-state index contributed by atoms with van der Waals surface area (Å²) in [5.41, 5.74) is 2.17. The van der Waals surface area contributed by atoms with Gasteiger partial charge in [-0.25, -0.2) is 4.98 Å². The number of hydrogen-bond acceptors (Lipinski definition) is 4. The van der Waals surface area contributed by atoms with Crippen molar-refractivity contribution < 1.29 is 9.53 Å². The van der Waals surface area contributed by atoms with Crippen LogP contribution in [0.2, 0.25) is 0 Å². The number of rotatable bonds is 7. The van der Waals surface area contributed by atoms with E-state index in [0.717, 1.165) is 34.7 Å². The van der Waals surface area contributed by atoms with Crippen LogP contribution < -0.4 is 4.74 Å². The van der Waals surface area contributed by atoms with E-state index >= 15 is 0 Å². The maximum absolute atomic E-state index is 12.8. The number of amides is 1. The van der Waals surface area contributed by atoms with Crippen LogP contribution in [0.3, 0.4) is 0 Å². The highest BCUT2D eigenvalue weighted by Gasteiger charge is 2.32. The number of nitrogens with zero attached hydrogens (tertiary/aromatic N) is 2. The number of hydrogen-bond donors (Lipinski definition) is 0. The quantitative estimate of drug-likeness (QED) is 0.621. The molecule has 2 aromatic carbocycles. The second-order valence-corrected chi connectivity index (χ2v) is 7.79. The van der Waals surface area contributed by atoms with E-state index < -0.39 is 0 Å². The van der Waals surface area contributed by atoms with Crippen molar-refractivity contribution in [2.75, 3.05) is 7.11 Å². The molecule has 134 valence electrons. The van der Waals surface area contributed by atoms with Crippen LogP contribution in [0.25, 0.3) is 10.2 Å². The van der Waals surface area contributed by atoms with Gasteiger partial charge in [0.05, 0.1) is 22.3 Å². The highest BCUT2D eigenvalue weighted by Crippen LogP contribution is 2.30. The maximum Gasteiger partial charge on any atom is 0.223 e. The molecule has 0 spiro atoms. The van der Waals surface area contributed by atoms with Gasteiger partial charge in [0.1, 0.15) is 5.75 Å². The molecule has 3 aromatic rings. The van der Waals surface area contributed by atoms with E-state index in [1.165, 1.54) is 4.70 Å². The summed E-state index contributed by atoms with van der Waals surface area (Å²) < 4.78 is 6.39. The molecule has 26 heavy (non-hydrogen) atoms. The molecule has 4 nitrogen and oxygen atoms in total. The third-order valence-corrected chi connectivity index (χ3v) is 5.81. The molecule has 5 heteroatoms. The lowest BCUT2D eigenvalue weighted by molar-refractivity contribution is -0.132. The third-order valence-electron chi connectivity index (χ3n) is 4.71. The fraction of sp³-hybridized carbons (Fsp3) is 0.333. The minimum absolute atomic E-state index is 0.225. The van der Waals surface area contributed by atoms with Gasteiger partial charge in [-0.1, -0.05) is 24.3 Å². The molecule has 1 aliphatic carbocycles. The zero-order chi connectivity index (χ0) is 17.9. The molecular weight excluding hydrogens is 344 g/mol. The van der Waals surface area contributed by atoms with E-state index in [0.29, 0.717) is 25.4 Å². The number of thiazole rings is 1. The number of carbonyl (C=O) groups is 1. The summed E-state index contributed by atoms with van der Waals surface area (Å²) in [4.78, 5) is 19.5. The van der Waals surface area contributed by atoms with Crippen LogP contribution in [0.15, 0.2) is 48.5 Å². The molecule has 0 atom stereocenters. The number of aromatic nitrogens is 1. The number of methoxy groups -OCH3 is 1. The zero-order valence-corrected chi connectivity index (χ0v) is 15.7. The minimum atomic E-state index is 0.225. The fourth-order valence-corrected chi connectivity index (χ4v) is 4.09. The molecule has 1 amide bonds. The van der Waals surface area contributed by atoms with E-state index in [4.69, 9.17) is 4.74 Å². The number of benzene rings is 2. The summed E-state index contributed by atoms with van der Waals surface area (Å²) in [5, 5.41) is 1.04. The Balaban J connectivity index is 1.40. The maximum atomic E-state index is 12.8. The summed E-state index contributed by atoms with van der Waals surface area (Å²) in [6, 6.07) is 16.5. The second-order valence-electron chi connectivity index (χ2n) is 6.68. The predicted molar refractivity (Wildman–Crippen MR) is 105 cm³/mol. The van der Waals surface area contributed by atoms with Crippen molar-refractivity contribution in [1.82, 2.24) is 9.88 Å². The van der Waals surface area contributed by atoms with Crippen LogP contribution in [0.4, 0.5) is 0 Å². The largest absolute Gasteiger partial charge is 0.497 e. The van der Waals surface area contributed by atoms with Crippen molar-refractivity contribution in [1.29, 1.82) is 0 Å². The summed E-state index contributed by atoms with van der Waals surface area (Å²) in [6.07, 6.45) is 3.46. The van der Waals surface area contributed by atoms with Crippen molar-refractivity contribution >= 4 is 27.5 Å². The van der Waals surface area contributed by atoms with Gasteiger partial charge >= 0.3 is 0 Å². The van der Waals surface area contributed by atoms with Crippen LogP contribution in [0, 0.1) is 0 Å². The summed E-state index contributed by atoms with van der Waals surface area (Å²) >= 11 is 1.69. The Bertz CT molecular complexity index is 867. The van der Waals surface area contributed by atoms with Crippen molar-refractivity contribution in [3.05, 3.63) is 59.1 Å². The number of fused-ring (bicyclic) bond motifs is 1. The first-order chi connectivity index (χ1) is 12.7. The standard InChI is InChI=1S/C21H22N2O2S/c1-25-17-10-6-15(7-11-17)14-23(16-8-9-16)21(24)13-12-20-22-18-4-2-3-5-19(18)26-20/h2-7,10-11,16H,8-9,12-14H2,1H3. The molecule has 1 saturated carbocycles. The summed E-state index contributed by atoms with van der Waals surface area (Å²) in [5.74, 6) is 1.07. The Kier molecular flexibility index (Phi) is 4.89. The average molecular weight is 366 g/mol. The lowest BCUT2D eigenvalue weighted by Crippen LogP contribution is -2.32. The number of aryl methyl sites for hydroxylation is 1. The molecule has 0 radical (unpaired) electrons. The monoisotopic (exact) mass is 366 g/mol. The first-order valence-electron chi connectivity index (χ1n) is 9.00. The van der Waals surface area contributed by atoms with E-state index in [2.05, 4.69) is 11.1 Å². The summed E-state index contributed by atoms with van der Waals surface area (Å²) in [6.45, 7) is 0.674. The predicted octanol–water partition coefficient (Wildman–Crippen LogP) is 4.43. The molecule has 0 bridgehead atoms. The molecule has 1 heterocycles. The van der Waals surface area contributed by atoms with Crippen LogP contribution >= 0.6 is 11.3 Å². The smallest absolute Gasteiger partial charge is 0.223 e. The topological polar surface area (TPSA) is 42.4 Å². The molecule has 0 aliphatic heterocycles. The summed E-state index contributed by atoms with van der Waals surface area (Å²) in [7, 11) is 1.66. The van der Waals surface area contributed by atoms with Gasteiger partial charge in [-0.2, -0.15) is 0 Å². The van der Waals surface area contributed by atoms with E-state index in [1.54, 1.807) is 18.4 Å². The molecule has 0 N–H and O–H groups in total. The normalized spacial score (nSPS) is 13.7. The van der Waals surface area contributed by atoms with Gasteiger partial charge in [-0.05, 0) is 42.7 Å². The van der Waals surface area contributed by atoms with Crippen molar-refractivity contribution in [2.24, 2.45) is 0 Å². The van der Waals surface area contributed by atoms with Crippen molar-refractivity contribution in [3.63, 3.8) is 0 Å². The third kappa shape index (κ3) is 3.88. The fourth-order valence-electron chi connectivity index (χ4n) is 3.12. The Hall–Kier alpha value is -2.40. The van der Waals surface area contributed by atoms with Crippen LogP contribution in [-0.2, 0) is 17.8 Å². The molecule has 0 saturated heterocycles. The van der Waals surface area contributed by atoms with Gasteiger partial charge in [0, 0.05) is 25.4 Å². The van der Waals surface area contributed by atoms with Gasteiger partial charge in [-0.3, -0.25) is 4.79 Å². The van der Waals surface area contributed by atoms with E-state index in [-0.39, 0.29) is 5.91 Å². The second kappa shape index (κ2) is 7.46. The Labute approximate surface area is 157 Å². The first-order valence-corrected chi connectivity index (χ1v) is 9.81. The van der Waals surface area contributed by atoms with Crippen LogP contribution in [-0.4, -0.2) is 28.9 Å². The Morgan fingerprint density at radius 1 is 1.19 bits per heavy atom. The molecule has 0 unspecified atom stereocenters. The Morgan fingerprint density at radius 3 is 2.65 bits per heavy atom. The van der Waals surface area contributed by atoms with Gasteiger partial charge in [-0.15, -0.1) is 11.3 Å². The number of para-hydroxylation sites is 1. The van der Waals surface area contributed by atoms with Gasteiger partial charge < -0.3 is 9.64 Å². The lowest BCUT2D eigenvalue weighted by Gasteiger charge is -2.22. The number of carbonyl (C=O) groups excluding carboxylic acids is 1. The zero-order valence-electron chi connectivity index (χ0n) is 14.9. The van der Waals surface area contributed by atoms with Crippen molar-refractivity contribution in [3.8, 4) is 5.75 Å². The van der Waals surface area contributed by atoms with Gasteiger partial charge in [0.2, 0.25) is 5.91 Å². The SMILES string of the molecule is COc1ccc(CN(C(=O)CCc2nc3ccccc3s2)C2CC2)cc1. The van der Waals surface area contributed by atoms with E-state index in [1.807, 2.05) is 47.4 Å². The highest BCUT2D eigenvalue weighted by atomic mass is 32.1. The van der Waals surface area contributed by atoms with E-state index in [9.17, 15) is 4.79 Å². The lowest BCUT2D eigenvalue weighted by atomic mass is 10.2. The number of ether oxygens (including phenoxy) is 1.